The van der Waals surface area contributed by atoms with Crippen molar-refractivity contribution in [3.8, 4) is 0 Å². The van der Waals surface area contributed by atoms with Crippen LogP contribution in [0.3, 0.4) is 0 Å². The monoisotopic (exact) mass is 302 g/mol. The normalized spacial score (nSPS) is 20.7. The van der Waals surface area contributed by atoms with Gasteiger partial charge in [0.15, 0.2) is 5.69 Å². The van der Waals surface area contributed by atoms with Gasteiger partial charge in [-0.3, -0.25) is 4.68 Å². The first-order valence-corrected chi connectivity index (χ1v) is 6.23. The van der Waals surface area contributed by atoms with E-state index in [0.717, 1.165) is 10.9 Å². The molecule has 0 aliphatic heterocycles. The summed E-state index contributed by atoms with van der Waals surface area (Å²) in [6, 6.07) is 0. The average molecular weight is 303 g/mol. The zero-order valence-electron chi connectivity index (χ0n) is 9.85. The van der Waals surface area contributed by atoms with Crippen LogP contribution in [0.15, 0.2) is 6.20 Å². The van der Waals surface area contributed by atoms with Crippen LogP contribution in [0.5, 0.6) is 0 Å². The molecule has 1 fully saturated rings. The maximum absolute atomic E-state index is 12.9. The van der Waals surface area contributed by atoms with Crippen molar-refractivity contribution in [3.05, 3.63) is 16.9 Å². The molecule has 1 aliphatic carbocycles. The van der Waals surface area contributed by atoms with Gasteiger partial charge in [-0.15, -0.1) is 0 Å². The Morgan fingerprint density at radius 3 is 2.37 bits per heavy atom. The Morgan fingerprint density at radius 2 is 1.89 bits per heavy atom. The van der Waals surface area contributed by atoms with Crippen LogP contribution in [0.2, 0.25) is 5.02 Å². The molecule has 2 rings (SSSR count). The van der Waals surface area contributed by atoms with E-state index in [9.17, 15) is 22.0 Å². The minimum absolute atomic E-state index is 0.0864. The minimum atomic E-state index is -4.60. The summed E-state index contributed by atoms with van der Waals surface area (Å²) in [6.07, 6.45) is -3.38. The lowest BCUT2D eigenvalue weighted by Crippen LogP contribution is -2.27. The minimum Gasteiger partial charge on any atom is -0.270 e. The van der Waals surface area contributed by atoms with Crippen LogP contribution >= 0.6 is 11.6 Å². The van der Waals surface area contributed by atoms with Crippen molar-refractivity contribution in [1.29, 1.82) is 0 Å². The van der Waals surface area contributed by atoms with Gasteiger partial charge in [-0.25, -0.2) is 8.78 Å². The second kappa shape index (κ2) is 4.92. The van der Waals surface area contributed by atoms with Gasteiger partial charge in [-0.1, -0.05) is 11.6 Å². The average Bonchev–Trinajstić information content (AvgIpc) is 2.62. The quantitative estimate of drug-likeness (QED) is 0.741. The molecule has 19 heavy (non-hydrogen) atoms. The van der Waals surface area contributed by atoms with E-state index in [-0.39, 0.29) is 38.1 Å². The van der Waals surface area contributed by atoms with Crippen LogP contribution in [0.4, 0.5) is 22.0 Å². The van der Waals surface area contributed by atoms with Crippen molar-refractivity contribution in [2.75, 3.05) is 0 Å². The molecule has 0 aromatic carbocycles. The van der Waals surface area contributed by atoms with Crippen LogP contribution in [-0.2, 0) is 12.7 Å². The van der Waals surface area contributed by atoms with Gasteiger partial charge in [-0.2, -0.15) is 18.3 Å². The number of alkyl halides is 5. The van der Waals surface area contributed by atoms with E-state index in [0.29, 0.717) is 0 Å². The summed E-state index contributed by atoms with van der Waals surface area (Å²) in [5.74, 6) is -2.73. The smallest absolute Gasteiger partial charge is 0.270 e. The summed E-state index contributed by atoms with van der Waals surface area (Å²) in [6.45, 7) is 0.186. The Labute approximate surface area is 111 Å². The number of hydrogen-bond donors (Lipinski definition) is 0. The molecule has 108 valence electrons. The molecule has 8 heteroatoms. The fourth-order valence-corrected chi connectivity index (χ4v) is 2.49. The summed E-state index contributed by atoms with van der Waals surface area (Å²) in [7, 11) is 0. The Morgan fingerprint density at radius 1 is 1.32 bits per heavy atom. The Hall–Kier alpha value is -0.850. The Kier molecular flexibility index (Phi) is 3.77. The van der Waals surface area contributed by atoms with E-state index in [4.69, 9.17) is 11.6 Å². The first kappa shape index (κ1) is 14.6. The van der Waals surface area contributed by atoms with Gasteiger partial charge in [0.05, 0.1) is 5.02 Å². The zero-order valence-corrected chi connectivity index (χ0v) is 10.6. The van der Waals surface area contributed by atoms with E-state index in [1.54, 1.807) is 0 Å². The highest BCUT2D eigenvalue weighted by Crippen LogP contribution is 2.37. The predicted molar refractivity (Wildman–Crippen MR) is 59.1 cm³/mol. The van der Waals surface area contributed by atoms with Crippen molar-refractivity contribution in [2.24, 2.45) is 5.92 Å². The van der Waals surface area contributed by atoms with E-state index >= 15 is 0 Å². The molecule has 1 aromatic heterocycles. The summed E-state index contributed by atoms with van der Waals surface area (Å²) in [5.41, 5.74) is -1.13. The molecule has 0 unspecified atom stereocenters. The lowest BCUT2D eigenvalue weighted by molar-refractivity contribution is -0.141. The van der Waals surface area contributed by atoms with E-state index in [1.807, 2.05) is 0 Å². The molecule has 0 N–H and O–H groups in total. The molecule has 0 amide bonds. The van der Waals surface area contributed by atoms with Gasteiger partial charge in [0.1, 0.15) is 0 Å². The SMILES string of the molecule is FC1(F)CCC(Cn2cc(Cl)c(C(F)(F)F)n2)CC1. The molecule has 0 bridgehead atoms. The Bertz CT molecular complexity index is 444. The molecule has 1 aliphatic rings. The first-order valence-electron chi connectivity index (χ1n) is 5.85. The van der Waals surface area contributed by atoms with E-state index < -0.39 is 22.8 Å². The van der Waals surface area contributed by atoms with E-state index in [2.05, 4.69) is 5.10 Å². The van der Waals surface area contributed by atoms with E-state index in [1.165, 1.54) is 0 Å². The molecule has 0 spiro atoms. The molecular weight excluding hydrogens is 291 g/mol. The van der Waals surface area contributed by atoms with Gasteiger partial charge < -0.3 is 0 Å². The molecule has 1 aromatic rings. The fourth-order valence-electron chi connectivity index (χ4n) is 2.23. The van der Waals surface area contributed by atoms with Crippen molar-refractivity contribution in [2.45, 2.75) is 44.3 Å². The third-order valence-electron chi connectivity index (χ3n) is 3.27. The maximum Gasteiger partial charge on any atom is 0.436 e. The van der Waals surface area contributed by atoms with Gasteiger partial charge in [0.25, 0.3) is 0 Å². The maximum atomic E-state index is 12.9. The molecule has 2 nitrogen and oxygen atoms in total. The van der Waals surface area contributed by atoms with Crippen molar-refractivity contribution in [3.63, 3.8) is 0 Å². The fraction of sp³-hybridized carbons (Fsp3) is 0.727. The van der Waals surface area contributed by atoms with Gasteiger partial charge in [0.2, 0.25) is 5.92 Å². The highest BCUT2D eigenvalue weighted by molar-refractivity contribution is 6.31. The van der Waals surface area contributed by atoms with Crippen molar-refractivity contribution < 1.29 is 22.0 Å². The van der Waals surface area contributed by atoms with Gasteiger partial charge in [0, 0.05) is 25.6 Å². The van der Waals surface area contributed by atoms with Crippen LogP contribution in [0.1, 0.15) is 31.4 Å². The molecule has 0 atom stereocenters. The number of halogens is 6. The van der Waals surface area contributed by atoms with Gasteiger partial charge in [-0.05, 0) is 18.8 Å². The standard InChI is InChI=1S/C11H12ClF5N2/c12-8-6-19(18-9(8)11(15,16)17)5-7-1-3-10(13,14)4-2-7/h6-7H,1-5H2. The third-order valence-corrected chi connectivity index (χ3v) is 3.54. The molecule has 1 heterocycles. The second-order valence-corrected chi connectivity index (χ2v) is 5.25. The zero-order chi connectivity index (χ0) is 14.3. The van der Waals surface area contributed by atoms with Crippen molar-refractivity contribution >= 4 is 11.6 Å². The third kappa shape index (κ3) is 3.58. The first-order chi connectivity index (χ1) is 8.67. The number of nitrogens with zero attached hydrogens (tertiary/aromatic N) is 2. The molecular formula is C11H12ClF5N2. The molecule has 0 radical (unpaired) electrons. The summed E-state index contributed by atoms with van der Waals surface area (Å²) < 4.78 is 64.4. The lowest BCUT2D eigenvalue weighted by atomic mass is 9.87. The summed E-state index contributed by atoms with van der Waals surface area (Å²) in [5, 5.41) is 2.92. The van der Waals surface area contributed by atoms with Crippen LogP contribution in [-0.4, -0.2) is 15.7 Å². The molecule has 1 saturated carbocycles. The highest BCUT2D eigenvalue weighted by atomic mass is 35.5. The summed E-state index contributed by atoms with van der Waals surface area (Å²) in [4.78, 5) is 0. The Balaban J connectivity index is 2.01. The number of hydrogen-bond acceptors (Lipinski definition) is 1. The summed E-state index contributed by atoms with van der Waals surface area (Å²) >= 11 is 5.47. The number of aromatic nitrogens is 2. The van der Waals surface area contributed by atoms with Crippen LogP contribution < -0.4 is 0 Å². The predicted octanol–water partition coefficient (Wildman–Crippen LogP) is 4.38. The number of rotatable bonds is 2. The molecule has 0 saturated heterocycles. The van der Waals surface area contributed by atoms with Crippen LogP contribution in [0.25, 0.3) is 0 Å². The van der Waals surface area contributed by atoms with Crippen LogP contribution in [0, 0.1) is 5.92 Å². The lowest BCUT2D eigenvalue weighted by Gasteiger charge is -2.28. The topological polar surface area (TPSA) is 17.8 Å². The highest BCUT2D eigenvalue weighted by Gasteiger charge is 2.38. The second-order valence-electron chi connectivity index (χ2n) is 4.84. The largest absolute Gasteiger partial charge is 0.436 e. The van der Waals surface area contributed by atoms with Gasteiger partial charge >= 0.3 is 6.18 Å². The van der Waals surface area contributed by atoms with Crippen molar-refractivity contribution in [1.82, 2.24) is 9.78 Å².